The molecular formula is C6H7NOW. The molecule has 0 aliphatic carbocycles. The van der Waals surface area contributed by atoms with Crippen LogP contribution in [0.1, 0.15) is 5.69 Å². The zero-order valence-electron chi connectivity index (χ0n) is 4.82. The van der Waals surface area contributed by atoms with E-state index in [0.29, 0.717) is 5.69 Å². The summed E-state index contributed by atoms with van der Waals surface area (Å²) in [6.45, 7) is 3.53. The Kier molecular flexibility index (Phi) is 3.33. The summed E-state index contributed by atoms with van der Waals surface area (Å²) in [4.78, 5) is 0. The van der Waals surface area contributed by atoms with Gasteiger partial charge in [0.1, 0.15) is 0 Å². The molecule has 1 aromatic heterocycles. The van der Waals surface area contributed by atoms with Gasteiger partial charge in [0, 0.05) is 21.1 Å². The molecule has 0 saturated heterocycles. The molecule has 0 fully saturated rings. The standard InChI is InChI=1S/C6H7NO.W/c1-6-4-2-3-5-7(6)8;/h2-5,8H,1H2;. The van der Waals surface area contributed by atoms with Gasteiger partial charge in [-0.3, -0.25) is 5.21 Å². The monoisotopic (exact) mass is 293 g/mol. The number of hydrogen-bond donors (Lipinski definition) is 1. The van der Waals surface area contributed by atoms with Crippen LogP contribution in [0.4, 0.5) is 0 Å². The predicted molar refractivity (Wildman–Crippen MR) is 28.3 cm³/mol. The van der Waals surface area contributed by atoms with Crippen LogP contribution in [-0.2, 0) is 21.1 Å². The topological polar surface area (TPSA) is 24.1 Å². The molecule has 0 radical (unpaired) electrons. The average molecular weight is 293 g/mol. The Morgan fingerprint density at radius 1 is 1.44 bits per heavy atom. The van der Waals surface area contributed by atoms with Crippen LogP contribution in [-0.4, -0.2) is 5.21 Å². The van der Waals surface area contributed by atoms with E-state index in [0.717, 1.165) is 4.73 Å². The first kappa shape index (κ1) is 8.51. The average Bonchev–Trinajstić information content (AvgIpc) is 1.77. The maximum atomic E-state index is 8.77. The van der Waals surface area contributed by atoms with Crippen LogP contribution in [0.3, 0.4) is 0 Å². The number of aromatic nitrogens is 1. The van der Waals surface area contributed by atoms with E-state index in [9.17, 15) is 0 Å². The molecule has 1 N–H and O–H groups in total. The van der Waals surface area contributed by atoms with E-state index in [1.54, 1.807) is 12.1 Å². The van der Waals surface area contributed by atoms with Crippen molar-refractivity contribution >= 4 is 0 Å². The SMILES string of the molecule is [CH2-]c1cccc[n+]1O.[W]. The Morgan fingerprint density at radius 3 is 2.44 bits per heavy atom. The molecule has 2 nitrogen and oxygen atoms in total. The maximum Gasteiger partial charge on any atom is 0.217 e. The van der Waals surface area contributed by atoms with E-state index in [1.165, 1.54) is 6.20 Å². The van der Waals surface area contributed by atoms with Crippen LogP contribution in [0.15, 0.2) is 24.4 Å². The van der Waals surface area contributed by atoms with Crippen molar-refractivity contribution in [1.82, 2.24) is 0 Å². The molecule has 9 heavy (non-hydrogen) atoms. The zero-order chi connectivity index (χ0) is 5.98. The van der Waals surface area contributed by atoms with Gasteiger partial charge in [0.25, 0.3) is 0 Å². The molecule has 0 amide bonds. The van der Waals surface area contributed by atoms with Gasteiger partial charge in [0.05, 0.1) is 5.69 Å². The minimum Gasteiger partial charge on any atom is -0.288 e. The molecule has 3 heteroatoms. The Bertz CT molecular complexity index is 169. The summed E-state index contributed by atoms with van der Waals surface area (Å²) in [6, 6.07) is 5.27. The first-order chi connectivity index (χ1) is 3.80. The number of rotatable bonds is 0. The first-order valence-corrected chi connectivity index (χ1v) is 2.32. The number of pyridine rings is 1. The molecule has 0 spiro atoms. The van der Waals surface area contributed by atoms with Crippen LogP contribution >= 0.6 is 0 Å². The maximum absolute atomic E-state index is 8.77. The third kappa shape index (κ3) is 2.06. The van der Waals surface area contributed by atoms with E-state index < -0.39 is 0 Å². The minimum absolute atomic E-state index is 0. The molecule has 0 aromatic carbocycles. The van der Waals surface area contributed by atoms with E-state index in [4.69, 9.17) is 5.21 Å². The van der Waals surface area contributed by atoms with Crippen LogP contribution in [0.5, 0.6) is 0 Å². The molecule has 0 unspecified atom stereocenters. The van der Waals surface area contributed by atoms with Gasteiger partial charge in [0.15, 0.2) is 0 Å². The Morgan fingerprint density at radius 2 is 2.11 bits per heavy atom. The van der Waals surface area contributed by atoms with Crippen molar-refractivity contribution in [3.63, 3.8) is 0 Å². The number of hydrogen-bond acceptors (Lipinski definition) is 1. The van der Waals surface area contributed by atoms with Crippen LogP contribution < -0.4 is 4.73 Å². The summed E-state index contributed by atoms with van der Waals surface area (Å²) in [5, 5.41) is 8.77. The minimum atomic E-state index is 0. The van der Waals surface area contributed by atoms with Crippen molar-refractivity contribution in [1.29, 1.82) is 0 Å². The van der Waals surface area contributed by atoms with E-state index in [2.05, 4.69) is 6.92 Å². The van der Waals surface area contributed by atoms with Crippen LogP contribution in [0.25, 0.3) is 0 Å². The van der Waals surface area contributed by atoms with Gasteiger partial charge < -0.3 is 0 Å². The summed E-state index contributed by atoms with van der Waals surface area (Å²) in [7, 11) is 0. The second kappa shape index (κ2) is 3.52. The molecule has 48 valence electrons. The summed E-state index contributed by atoms with van der Waals surface area (Å²) >= 11 is 0. The van der Waals surface area contributed by atoms with Crippen molar-refractivity contribution < 1.29 is 31.0 Å². The molecule has 0 bridgehead atoms. The van der Waals surface area contributed by atoms with Gasteiger partial charge in [-0.05, 0) is 10.8 Å². The van der Waals surface area contributed by atoms with Gasteiger partial charge in [-0.1, -0.05) is 0 Å². The molecule has 1 rings (SSSR count). The van der Waals surface area contributed by atoms with Crippen molar-refractivity contribution in [2.24, 2.45) is 0 Å². The molecule has 0 aliphatic heterocycles. The smallest absolute Gasteiger partial charge is 0.217 e. The first-order valence-electron chi connectivity index (χ1n) is 2.32. The fourth-order valence-corrected chi connectivity index (χ4v) is 0.470. The molecule has 1 heterocycles. The van der Waals surface area contributed by atoms with Crippen molar-refractivity contribution in [3.8, 4) is 0 Å². The van der Waals surface area contributed by atoms with Crippen molar-refractivity contribution in [2.75, 3.05) is 0 Å². The largest absolute Gasteiger partial charge is 0.288 e. The van der Waals surface area contributed by atoms with Crippen LogP contribution in [0, 0.1) is 6.92 Å². The summed E-state index contributed by atoms with van der Waals surface area (Å²) in [6.07, 6.45) is 1.53. The second-order valence-corrected chi connectivity index (χ2v) is 1.54. The Balaban J connectivity index is 0.000000640. The van der Waals surface area contributed by atoms with Gasteiger partial charge in [-0.2, -0.15) is 6.92 Å². The third-order valence-corrected chi connectivity index (χ3v) is 0.921. The summed E-state index contributed by atoms with van der Waals surface area (Å²) < 4.78 is 0.972. The Hall–Kier alpha value is -0.492. The predicted octanol–water partition coefficient (Wildman–Crippen LogP) is 0.391. The third-order valence-electron chi connectivity index (χ3n) is 0.921. The second-order valence-electron chi connectivity index (χ2n) is 1.54. The van der Waals surface area contributed by atoms with Gasteiger partial charge in [-0.25, -0.2) is 0 Å². The van der Waals surface area contributed by atoms with Crippen molar-refractivity contribution in [2.45, 2.75) is 0 Å². The normalized spacial score (nSPS) is 8.00. The van der Waals surface area contributed by atoms with Gasteiger partial charge >= 0.3 is 0 Å². The zero-order valence-corrected chi connectivity index (χ0v) is 7.75. The summed E-state index contributed by atoms with van der Waals surface area (Å²) in [5.41, 5.74) is 0.590. The van der Waals surface area contributed by atoms with E-state index in [-0.39, 0.29) is 21.1 Å². The fraction of sp³-hybridized carbons (Fsp3) is 0. The molecule has 0 aliphatic rings. The van der Waals surface area contributed by atoms with Gasteiger partial charge in [0.2, 0.25) is 6.20 Å². The quantitative estimate of drug-likeness (QED) is 0.418. The number of nitrogens with zero attached hydrogens (tertiary/aromatic N) is 1. The molecular weight excluding hydrogens is 286 g/mol. The van der Waals surface area contributed by atoms with Crippen molar-refractivity contribution in [3.05, 3.63) is 37.0 Å². The van der Waals surface area contributed by atoms with E-state index >= 15 is 0 Å². The molecule has 0 atom stereocenters. The Labute approximate surface area is 68.4 Å². The van der Waals surface area contributed by atoms with Crippen LogP contribution in [0.2, 0.25) is 0 Å². The molecule has 1 aromatic rings. The fourth-order valence-electron chi connectivity index (χ4n) is 0.470. The summed E-state index contributed by atoms with van der Waals surface area (Å²) in [5.74, 6) is 0. The van der Waals surface area contributed by atoms with E-state index in [1.807, 2.05) is 6.07 Å². The molecule has 0 saturated carbocycles. The van der Waals surface area contributed by atoms with Gasteiger partial charge in [-0.15, -0.1) is 12.1 Å².